The van der Waals surface area contributed by atoms with Gasteiger partial charge in [-0.25, -0.2) is 4.98 Å². The van der Waals surface area contributed by atoms with Gasteiger partial charge in [-0.2, -0.15) is 0 Å². The highest BCUT2D eigenvalue weighted by atomic mass is 35.5. The standard InChI is InChI=1S/C19H17ClN4/c20-15-6-3-13(4-7-15)19(22)17(18(21)12-1-2-12)14-5-8-16-23-9-10-24(16)11-14/h3-12,22H,1-2,21H2/b18-17-,22-19?. The maximum atomic E-state index is 8.71. The SMILES string of the molecule is N=C(/C(=C(\N)C1CC1)c1ccc2nccn2c1)c1ccc(Cl)cc1. The lowest BCUT2D eigenvalue weighted by Gasteiger charge is -2.14. The zero-order valence-corrected chi connectivity index (χ0v) is 13.8. The molecule has 2 heterocycles. The lowest BCUT2D eigenvalue weighted by atomic mass is 9.94. The molecule has 0 amide bonds. The maximum absolute atomic E-state index is 8.71. The van der Waals surface area contributed by atoms with Crippen LogP contribution in [0.1, 0.15) is 24.0 Å². The van der Waals surface area contributed by atoms with Crippen molar-refractivity contribution in [1.29, 1.82) is 5.41 Å². The minimum absolute atomic E-state index is 0.381. The summed E-state index contributed by atoms with van der Waals surface area (Å²) in [6.45, 7) is 0. The topological polar surface area (TPSA) is 67.2 Å². The first-order valence-corrected chi connectivity index (χ1v) is 8.29. The van der Waals surface area contributed by atoms with E-state index in [4.69, 9.17) is 22.7 Å². The molecule has 5 heteroatoms. The minimum Gasteiger partial charge on any atom is -0.401 e. The Morgan fingerprint density at radius 3 is 2.54 bits per heavy atom. The second-order valence-electron chi connectivity index (χ2n) is 6.10. The first-order chi connectivity index (χ1) is 11.6. The highest BCUT2D eigenvalue weighted by Crippen LogP contribution is 2.38. The molecule has 0 radical (unpaired) electrons. The number of allylic oxidation sites excluding steroid dienone is 2. The van der Waals surface area contributed by atoms with Gasteiger partial charge < -0.3 is 10.1 Å². The van der Waals surface area contributed by atoms with E-state index in [9.17, 15) is 0 Å². The van der Waals surface area contributed by atoms with E-state index in [1.807, 2.05) is 41.1 Å². The summed E-state index contributed by atoms with van der Waals surface area (Å²) in [5, 5.41) is 9.37. The average molecular weight is 337 g/mol. The molecule has 1 fully saturated rings. The monoisotopic (exact) mass is 336 g/mol. The summed E-state index contributed by atoms with van der Waals surface area (Å²) in [7, 11) is 0. The smallest absolute Gasteiger partial charge is 0.136 e. The van der Waals surface area contributed by atoms with Crippen LogP contribution in [0.4, 0.5) is 0 Å². The fourth-order valence-electron chi connectivity index (χ4n) is 2.88. The highest BCUT2D eigenvalue weighted by Gasteiger charge is 2.28. The third kappa shape index (κ3) is 2.69. The summed E-state index contributed by atoms with van der Waals surface area (Å²) < 4.78 is 1.95. The number of pyridine rings is 1. The molecule has 120 valence electrons. The highest BCUT2D eigenvalue weighted by molar-refractivity contribution is 6.32. The Morgan fingerprint density at radius 1 is 1.12 bits per heavy atom. The largest absolute Gasteiger partial charge is 0.401 e. The summed E-state index contributed by atoms with van der Waals surface area (Å²) in [6, 6.07) is 11.3. The number of hydrogen-bond donors (Lipinski definition) is 2. The second kappa shape index (κ2) is 5.80. The molecule has 1 aliphatic carbocycles. The molecular weight excluding hydrogens is 320 g/mol. The minimum atomic E-state index is 0.381. The molecule has 0 saturated heterocycles. The van der Waals surface area contributed by atoms with Crippen LogP contribution < -0.4 is 5.73 Å². The van der Waals surface area contributed by atoms with Gasteiger partial charge in [0.15, 0.2) is 0 Å². The second-order valence-corrected chi connectivity index (χ2v) is 6.53. The van der Waals surface area contributed by atoms with Crippen LogP contribution in [0, 0.1) is 11.3 Å². The number of halogens is 1. The van der Waals surface area contributed by atoms with Crippen molar-refractivity contribution in [3.05, 3.63) is 76.8 Å². The quantitative estimate of drug-likeness (QED) is 0.703. The van der Waals surface area contributed by atoms with E-state index < -0.39 is 0 Å². The Bertz CT molecular complexity index is 949. The Morgan fingerprint density at radius 2 is 1.83 bits per heavy atom. The third-order valence-corrected chi connectivity index (χ3v) is 4.62. The van der Waals surface area contributed by atoms with Crippen molar-refractivity contribution in [3.63, 3.8) is 0 Å². The number of rotatable bonds is 4. The summed E-state index contributed by atoms with van der Waals surface area (Å²) >= 11 is 5.97. The number of nitrogens with one attached hydrogen (secondary N) is 1. The van der Waals surface area contributed by atoms with Gasteiger partial charge in [-0.3, -0.25) is 5.41 Å². The molecule has 0 spiro atoms. The average Bonchev–Trinajstić information content (AvgIpc) is 3.33. The van der Waals surface area contributed by atoms with Crippen LogP contribution in [0.5, 0.6) is 0 Å². The predicted molar refractivity (Wildman–Crippen MR) is 97.3 cm³/mol. The molecular formula is C19H17ClN4. The van der Waals surface area contributed by atoms with Crippen molar-refractivity contribution in [2.75, 3.05) is 0 Å². The first kappa shape index (κ1) is 15.0. The van der Waals surface area contributed by atoms with Crippen LogP contribution in [0.2, 0.25) is 5.02 Å². The van der Waals surface area contributed by atoms with E-state index in [0.717, 1.165) is 40.9 Å². The van der Waals surface area contributed by atoms with Gasteiger partial charge in [-0.05, 0) is 43.0 Å². The molecule has 3 aromatic rings. The van der Waals surface area contributed by atoms with Gasteiger partial charge in [-0.1, -0.05) is 23.7 Å². The summed E-state index contributed by atoms with van der Waals surface area (Å²) in [4.78, 5) is 4.27. The fraction of sp³-hybridized carbons (Fsp3) is 0.158. The van der Waals surface area contributed by atoms with Crippen molar-refractivity contribution < 1.29 is 0 Å². The maximum Gasteiger partial charge on any atom is 0.136 e. The predicted octanol–water partition coefficient (Wildman–Crippen LogP) is 4.14. The first-order valence-electron chi connectivity index (χ1n) is 7.91. The Labute approximate surface area is 145 Å². The fourth-order valence-corrected chi connectivity index (χ4v) is 3.01. The number of nitrogens with two attached hydrogens (primary N) is 1. The molecule has 1 aliphatic rings. The number of aromatic nitrogens is 2. The Balaban J connectivity index is 1.84. The summed E-state index contributed by atoms with van der Waals surface area (Å²) in [6.07, 6.45) is 7.83. The van der Waals surface area contributed by atoms with E-state index in [0.29, 0.717) is 16.7 Å². The molecule has 2 aromatic heterocycles. The Kier molecular flexibility index (Phi) is 3.62. The molecule has 1 aromatic carbocycles. The summed E-state index contributed by atoms with van der Waals surface area (Å²) in [5.74, 6) is 0.381. The molecule has 0 bridgehead atoms. The van der Waals surface area contributed by atoms with E-state index >= 15 is 0 Å². The van der Waals surface area contributed by atoms with Crippen LogP contribution >= 0.6 is 11.6 Å². The van der Waals surface area contributed by atoms with Gasteiger partial charge >= 0.3 is 0 Å². The molecule has 0 aliphatic heterocycles. The normalized spacial score (nSPS) is 15.4. The number of imidazole rings is 1. The van der Waals surface area contributed by atoms with Crippen LogP contribution in [-0.4, -0.2) is 15.1 Å². The van der Waals surface area contributed by atoms with E-state index in [-0.39, 0.29) is 0 Å². The lowest BCUT2D eigenvalue weighted by molar-refractivity contribution is 0.986. The summed E-state index contributed by atoms with van der Waals surface area (Å²) in [5.41, 5.74) is 11.1. The number of nitrogens with zero attached hydrogens (tertiary/aromatic N) is 2. The van der Waals surface area contributed by atoms with Gasteiger partial charge in [0.1, 0.15) is 5.65 Å². The van der Waals surface area contributed by atoms with Gasteiger partial charge in [0.05, 0.1) is 5.71 Å². The van der Waals surface area contributed by atoms with Crippen molar-refractivity contribution in [3.8, 4) is 0 Å². The molecule has 0 unspecified atom stereocenters. The molecule has 4 rings (SSSR count). The van der Waals surface area contributed by atoms with Gasteiger partial charge in [0, 0.05) is 46.0 Å². The van der Waals surface area contributed by atoms with Gasteiger partial charge in [0.25, 0.3) is 0 Å². The zero-order valence-electron chi connectivity index (χ0n) is 13.0. The van der Waals surface area contributed by atoms with E-state index in [1.165, 1.54) is 0 Å². The number of hydrogen-bond acceptors (Lipinski definition) is 3. The third-order valence-electron chi connectivity index (χ3n) is 4.37. The molecule has 3 N–H and O–H groups in total. The molecule has 4 nitrogen and oxygen atoms in total. The van der Waals surface area contributed by atoms with Gasteiger partial charge in [-0.15, -0.1) is 0 Å². The number of fused-ring (bicyclic) bond motifs is 1. The Hall–Kier alpha value is -2.59. The van der Waals surface area contributed by atoms with Crippen molar-refractivity contribution in [2.24, 2.45) is 11.7 Å². The van der Waals surface area contributed by atoms with Crippen LogP contribution in [0.25, 0.3) is 11.2 Å². The lowest BCUT2D eigenvalue weighted by Crippen LogP contribution is -2.13. The zero-order chi connectivity index (χ0) is 16.7. The van der Waals surface area contributed by atoms with Crippen molar-refractivity contribution >= 4 is 28.5 Å². The van der Waals surface area contributed by atoms with Crippen molar-refractivity contribution in [2.45, 2.75) is 12.8 Å². The molecule has 24 heavy (non-hydrogen) atoms. The van der Waals surface area contributed by atoms with Gasteiger partial charge in [0.2, 0.25) is 0 Å². The van der Waals surface area contributed by atoms with E-state index in [1.54, 1.807) is 18.3 Å². The molecule has 0 atom stereocenters. The van der Waals surface area contributed by atoms with Crippen LogP contribution in [0.15, 0.2) is 60.7 Å². The molecule has 1 saturated carbocycles. The van der Waals surface area contributed by atoms with Crippen LogP contribution in [-0.2, 0) is 0 Å². The van der Waals surface area contributed by atoms with E-state index in [2.05, 4.69) is 4.98 Å². The van der Waals surface area contributed by atoms with Crippen molar-refractivity contribution in [1.82, 2.24) is 9.38 Å². The number of benzene rings is 1. The van der Waals surface area contributed by atoms with Crippen LogP contribution in [0.3, 0.4) is 0 Å².